The first kappa shape index (κ1) is 12.1. The molecule has 0 unspecified atom stereocenters. The fourth-order valence-electron chi connectivity index (χ4n) is 1.80. The maximum Gasteiger partial charge on any atom is 0.325 e. The van der Waals surface area contributed by atoms with E-state index in [1.807, 2.05) is 18.2 Å². The highest BCUT2D eigenvalue weighted by atomic mass is 32.2. The van der Waals surface area contributed by atoms with Crippen molar-refractivity contribution in [3.05, 3.63) is 34.9 Å². The number of aryl methyl sites for hydroxylation is 1. The van der Waals surface area contributed by atoms with Crippen molar-refractivity contribution in [1.82, 2.24) is 0 Å². The molecule has 0 radical (unpaired) electrons. The van der Waals surface area contributed by atoms with Crippen LogP contribution in [0.2, 0.25) is 0 Å². The fraction of sp³-hybridized carbons (Fsp3) is 0.364. The number of aliphatic hydroxyl groups excluding tert-OH is 1. The van der Waals surface area contributed by atoms with Gasteiger partial charge in [-0.1, -0.05) is 17.3 Å². The maximum atomic E-state index is 10.9. The molecule has 0 fully saturated rings. The van der Waals surface area contributed by atoms with Gasteiger partial charge < -0.3 is 5.11 Å². The van der Waals surface area contributed by atoms with Crippen molar-refractivity contribution in [2.45, 2.75) is 19.4 Å². The minimum atomic E-state index is -3.57. The molecule has 1 aliphatic rings. The second-order valence-corrected chi connectivity index (χ2v) is 5.52. The molecule has 1 aromatic carbocycles. The van der Waals surface area contributed by atoms with Crippen molar-refractivity contribution in [2.75, 3.05) is 6.26 Å². The van der Waals surface area contributed by atoms with E-state index in [-0.39, 0.29) is 6.61 Å². The number of hydrogen-bond acceptors (Lipinski definition) is 5. The van der Waals surface area contributed by atoms with Crippen LogP contribution in [0.25, 0.3) is 0 Å². The maximum absolute atomic E-state index is 10.9. The molecule has 0 saturated carbocycles. The van der Waals surface area contributed by atoms with Crippen molar-refractivity contribution in [1.29, 1.82) is 0 Å². The lowest BCUT2D eigenvalue weighted by molar-refractivity contribution is 0.282. The van der Waals surface area contributed by atoms with Crippen molar-refractivity contribution in [3.63, 3.8) is 0 Å². The monoisotopic (exact) mass is 255 g/mol. The second-order valence-electron chi connectivity index (χ2n) is 3.97. The van der Waals surface area contributed by atoms with Crippen LogP contribution in [0.5, 0.6) is 0 Å². The van der Waals surface area contributed by atoms with Crippen LogP contribution in [0.3, 0.4) is 0 Å². The zero-order chi connectivity index (χ0) is 12.5. The lowest BCUT2D eigenvalue weighted by Gasteiger charge is -2.02. The minimum Gasteiger partial charge on any atom is -0.392 e. The summed E-state index contributed by atoms with van der Waals surface area (Å²) < 4.78 is 26.1. The molecule has 0 bridgehead atoms. The summed E-state index contributed by atoms with van der Waals surface area (Å²) in [6, 6.07) is 5.58. The Morgan fingerprint density at radius 1 is 1.41 bits per heavy atom. The van der Waals surface area contributed by atoms with Gasteiger partial charge in [0.05, 0.1) is 18.6 Å². The van der Waals surface area contributed by atoms with E-state index in [1.54, 1.807) is 0 Å². The topological polar surface area (TPSA) is 76.0 Å². The lowest BCUT2D eigenvalue weighted by atomic mass is 10.1. The number of oxime groups is 1. The van der Waals surface area contributed by atoms with Gasteiger partial charge in [-0.25, -0.2) is 0 Å². The summed E-state index contributed by atoms with van der Waals surface area (Å²) in [5.74, 6) is 0. The lowest BCUT2D eigenvalue weighted by Crippen LogP contribution is -2.02. The van der Waals surface area contributed by atoms with Crippen LogP contribution in [0.4, 0.5) is 0 Å². The summed E-state index contributed by atoms with van der Waals surface area (Å²) in [6.07, 6.45) is 2.42. The van der Waals surface area contributed by atoms with E-state index in [0.717, 1.165) is 29.4 Å². The van der Waals surface area contributed by atoms with Gasteiger partial charge in [0.15, 0.2) is 0 Å². The Kier molecular flexibility index (Phi) is 3.17. The minimum absolute atomic E-state index is 0.0481. The van der Waals surface area contributed by atoms with E-state index in [0.29, 0.717) is 12.1 Å². The van der Waals surface area contributed by atoms with Gasteiger partial charge in [-0.15, -0.1) is 0 Å². The molecule has 92 valence electrons. The van der Waals surface area contributed by atoms with E-state index in [9.17, 15) is 8.42 Å². The molecular formula is C11H13NO4S. The zero-order valence-electron chi connectivity index (χ0n) is 9.38. The Bertz CT molecular complexity index is 563. The molecule has 0 aliphatic heterocycles. The second kappa shape index (κ2) is 4.46. The van der Waals surface area contributed by atoms with E-state index < -0.39 is 10.1 Å². The van der Waals surface area contributed by atoms with Crippen LogP contribution in [0.15, 0.2) is 23.4 Å². The molecule has 2 rings (SSSR count). The highest BCUT2D eigenvalue weighted by molar-refractivity contribution is 7.85. The van der Waals surface area contributed by atoms with Crippen LogP contribution in [-0.2, 0) is 27.4 Å². The summed E-state index contributed by atoms with van der Waals surface area (Å²) in [4.78, 5) is 0. The highest BCUT2D eigenvalue weighted by Crippen LogP contribution is 2.24. The van der Waals surface area contributed by atoms with Crippen LogP contribution < -0.4 is 0 Å². The molecule has 1 N–H and O–H groups in total. The molecule has 17 heavy (non-hydrogen) atoms. The third kappa shape index (κ3) is 2.83. The largest absolute Gasteiger partial charge is 0.392 e. The summed E-state index contributed by atoms with van der Waals surface area (Å²) in [6.45, 7) is -0.0481. The first-order valence-corrected chi connectivity index (χ1v) is 7.00. The summed E-state index contributed by atoms with van der Waals surface area (Å²) in [5, 5.41) is 12.7. The van der Waals surface area contributed by atoms with Crippen LogP contribution in [0, 0.1) is 0 Å². The molecule has 1 aliphatic carbocycles. The smallest absolute Gasteiger partial charge is 0.325 e. The fourth-order valence-corrected chi connectivity index (χ4v) is 2.03. The summed E-state index contributed by atoms with van der Waals surface area (Å²) in [5.41, 5.74) is 3.34. The Hall–Kier alpha value is -1.40. The third-order valence-corrected chi connectivity index (χ3v) is 2.93. The van der Waals surface area contributed by atoms with Gasteiger partial charge in [0, 0.05) is 5.56 Å². The van der Waals surface area contributed by atoms with Crippen molar-refractivity contribution in [3.8, 4) is 0 Å². The van der Waals surface area contributed by atoms with E-state index in [2.05, 4.69) is 9.44 Å². The van der Waals surface area contributed by atoms with Crippen molar-refractivity contribution >= 4 is 15.8 Å². The molecule has 0 aromatic heterocycles. The number of nitrogens with zero attached hydrogens (tertiary/aromatic N) is 1. The predicted octanol–water partition coefficient (Wildman–Crippen LogP) is 0.805. The molecule has 0 saturated heterocycles. The van der Waals surface area contributed by atoms with E-state index in [1.165, 1.54) is 0 Å². The molecule has 0 amide bonds. The van der Waals surface area contributed by atoms with Gasteiger partial charge in [0.1, 0.15) is 0 Å². The molecular weight excluding hydrogens is 242 g/mol. The van der Waals surface area contributed by atoms with Crippen molar-refractivity contribution in [2.24, 2.45) is 5.16 Å². The molecule has 0 spiro atoms. The predicted molar refractivity (Wildman–Crippen MR) is 63.2 cm³/mol. The molecule has 1 aromatic rings. The van der Waals surface area contributed by atoms with Gasteiger partial charge >= 0.3 is 10.1 Å². The number of rotatable bonds is 3. The van der Waals surface area contributed by atoms with E-state index >= 15 is 0 Å². The van der Waals surface area contributed by atoms with Gasteiger partial charge in [0.25, 0.3) is 0 Å². The Balaban J connectivity index is 2.32. The average molecular weight is 255 g/mol. The van der Waals surface area contributed by atoms with Crippen molar-refractivity contribution < 1.29 is 17.8 Å². The van der Waals surface area contributed by atoms with E-state index in [4.69, 9.17) is 5.11 Å². The Labute approximate surface area is 99.8 Å². The number of aliphatic hydroxyl groups is 1. The summed E-state index contributed by atoms with van der Waals surface area (Å²) in [7, 11) is -3.57. The number of benzene rings is 1. The highest BCUT2D eigenvalue weighted by Gasteiger charge is 2.19. The standard InChI is InChI=1S/C11H13NO4S/c1-17(14,15)16-12-11-5-4-9-3-2-8(7-13)6-10(9)11/h2-3,6,13H,4-5,7H2,1H3/b12-11+. The van der Waals surface area contributed by atoms with Gasteiger partial charge in [-0.3, -0.25) is 4.28 Å². The molecule has 5 nitrogen and oxygen atoms in total. The third-order valence-electron chi connectivity index (χ3n) is 2.58. The van der Waals surface area contributed by atoms with Crippen LogP contribution in [0.1, 0.15) is 23.1 Å². The SMILES string of the molecule is CS(=O)(=O)O/N=C1\CCc2ccc(CO)cc21. The van der Waals surface area contributed by atoms with Crippen LogP contribution >= 0.6 is 0 Å². The van der Waals surface area contributed by atoms with Gasteiger partial charge in [-0.05, 0) is 30.0 Å². The van der Waals surface area contributed by atoms with Gasteiger partial charge in [0.2, 0.25) is 0 Å². The first-order valence-electron chi connectivity index (χ1n) is 5.18. The molecule has 0 atom stereocenters. The molecule has 0 heterocycles. The Morgan fingerprint density at radius 2 is 2.18 bits per heavy atom. The number of fused-ring (bicyclic) bond motifs is 1. The molecule has 6 heteroatoms. The average Bonchev–Trinajstić information content (AvgIpc) is 2.67. The summed E-state index contributed by atoms with van der Waals surface area (Å²) >= 11 is 0. The quantitative estimate of drug-likeness (QED) is 0.811. The Morgan fingerprint density at radius 3 is 2.82 bits per heavy atom. The normalized spacial score (nSPS) is 17.2. The van der Waals surface area contributed by atoms with Gasteiger partial charge in [-0.2, -0.15) is 8.42 Å². The first-order chi connectivity index (χ1) is 7.99. The zero-order valence-corrected chi connectivity index (χ0v) is 10.2. The number of hydrogen-bond donors (Lipinski definition) is 1. The van der Waals surface area contributed by atoms with Crippen LogP contribution in [-0.4, -0.2) is 25.5 Å².